The predicted molar refractivity (Wildman–Crippen MR) is 93.1 cm³/mol. The number of hydrogen-bond donors (Lipinski definition) is 0. The van der Waals surface area contributed by atoms with Crippen molar-refractivity contribution >= 4 is 5.69 Å². The second kappa shape index (κ2) is 7.30. The number of anilines is 1. The first kappa shape index (κ1) is 14.9. The van der Waals surface area contributed by atoms with Crippen molar-refractivity contribution in [3.63, 3.8) is 0 Å². The molecule has 0 N–H and O–H groups in total. The first-order valence-electron chi connectivity index (χ1n) is 7.10. The zero-order chi connectivity index (χ0) is 15.1. The van der Waals surface area contributed by atoms with E-state index in [1.165, 1.54) is 11.3 Å². The topological polar surface area (TPSA) is 3.24 Å². The van der Waals surface area contributed by atoms with E-state index >= 15 is 0 Å². The van der Waals surface area contributed by atoms with Gasteiger partial charge in [0, 0.05) is 17.1 Å². The van der Waals surface area contributed by atoms with E-state index in [4.69, 9.17) is 0 Å². The van der Waals surface area contributed by atoms with Gasteiger partial charge >= 0.3 is 0 Å². The SMILES string of the molecule is C=C/C=C\C=C(/C)N1C(=C)/C=C\C=C/Cc2ccccc21. The van der Waals surface area contributed by atoms with E-state index in [2.05, 4.69) is 67.5 Å². The zero-order valence-corrected chi connectivity index (χ0v) is 12.5. The molecule has 0 unspecified atom stereocenters. The van der Waals surface area contributed by atoms with Gasteiger partial charge in [0.15, 0.2) is 0 Å². The summed E-state index contributed by atoms with van der Waals surface area (Å²) < 4.78 is 0. The Bertz CT molecular complexity index is 642. The van der Waals surface area contributed by atoms with E-state index in [9.17, 15) is 0 Å². The van der Waals surface area contributed by atoms with Crippen LogP contribution in [0.15, 0.2) is 97.4 Å². The fourth-order valence-electron chi connectivity index (χ4n) is 2.34. The monoisotopic (exact) mass is 275 g/mol. The minimum absolute atomic E-state index is 0.917. The van der Waals surface area contributed by atoms with Gasteiger partial charge in [-0.05, 0) is 37.1 Å². The lowest BCUT2D eigenvalue weighted by Gasteiger charge is -2.27. The smallest absolute Gasteiger partial charge is 0.0493 e. The summed E-state index contributed by atoms with van der Waals surface area (Å²) in [4.78, 5) is 2.19. The molecule has 2 rings (SSSR count). The van der Waals surface area contributed by atoms with E-state index < -0.39 is 0 Å². The average molecular weight is 275 g/mol. The van der Waals surface area contributed by atoms with Gasteiger partial charge in [-0.3, -0.25) is 0 Å². The Kier molecular flexibility index (Phi) is 5.16. The molecule has 1 heteroatoms. The van der Waals surface area contributed by atoms with Crippen LogP contribution in [0.1, 0.15) is 12.5 Å². The quantitative estimate of drug-likeness (QED) is 0.675. The van der Waals surface area contributed by atoms with Gasteiger partial charge in [0.25, 0.3) is 0 Å². The molecular formula is C20H21N. The molecule has 1 aromatic carbocycles. The first-order valence-corrected chi connectivity index (χ1v) is 7.10. The molecule has 0 aliphatic carbocycles. The third kappa shape index (κ3) is 3.73. The normalized spacial score (nSPS) is 18.6. The third-order valence-electron chi connectivity index (χ3n) is 3.33. The Labute approximate surface area is 127 Å². The second-order valence-corrected chi connectivity index (χ2v) is 4.88. The van der Waals surface area contributed by atoms with Crippen LogP contribution in [0.4, 0.5) is 5.69 Å². The average Bonchev–Trinajstić information content (AvgIpc) is 2.56. The summed E-state index contributed by atoms with van der Waals surface area (Å²) in [7, 11) is 0. The van der Waals surface area contributed by atoms with Crippen molar-refractivity contribution in [2.75, 3.05) is 4.90 Å². The first-order chi connectivity index (χ1) is 10.2. The second-order valence-electron chi connectivity index (χ2n) is 4.88. The Morgan fingerprint density at radius 1 is 1.19 bits per heavy atom. The van der Waals surface area contributed by atoms with Crippen molar-refractivity contribution in [3.8, 4) is 0 Å². The summed E-state index contributed by atoms with van der Waals surface area (Å²) in [5, 5.41) is 0. The maximum absolute atomic E-state index is 4.21. The molecule has 0 saturated carbocycles. The van der Waals surface area contributed by atoms with E-state index in [1.54, 1.807) is 6.08 Å². The minimum atomic E-state index is 0.917. The van der Waals surface area contributed by atoms with Gasteiger partial charge < -0.3 is 4.90 Å². The van der Waals surface area contributed by atoms with Crippen molar-refractivity contribution in [2.45, 2.75) is 13.3 Å². The zero-order valence-electron chi connectivity index (χ0n) is 12.5. The summed E-state index contributed by atoms with van der Waals surface area (Å²) in [6.07, 6.45) is 17.0. The van der Waals surface area contributed by atoms with Crippen LogP contribution in [0.5, 0.6) is 0 Å². The van der Waals surface area contributed by atoms with Crippen molar-refractivity contribution in [2.24, 2.45) is 0 Å². The van der Waals surface area contributed by atoms with Crippen molar-refractivity contribution in [1.29, 1.82) is 0 Å². The lowest BCUT2D eigenvalue weighted by Crippen LogP contribution is -2.19. The molecule has 106 valence electrons. The number of fused-ring (bicyclic) bond motifs is 1. The molecule has 0 bridgehead atoms. The van der Waals surface area contributed by atoms with Gasteiger partial charge in [0.1, 0.15) is 0 Å². The van der Waals surface area contributed by atoms with Crippen LogP contribution in [0.25, 0.3) is 0 Å². The van der Waals surface area contributed by atoms with E-state index in [0.717, 1.165) is 17.8 Å². The van der Waals surface area contributed by atoms with Crippen molar-refractivity contribution in [3.05, 3.63) is 103 Å². The standard InChI is InChI=1S/C20H21N/c1-4-5-7-12-17(2)21-18(3)13-8-6-9-14-19-15-10-11-16-20(19)21/h4-13,15-16H,1,3,14H2,2H3/b7-5-,9-6-,13-8-,17-12+. The van der Waals surface area contributed by atoms with Gasteiger partial charge in [-0.15, -0.1) is 0 Å². The number of hydrogen-bond acceptors (Lipinski definition) is 1. The van der Waals surface area contributed by atoms with Crippen LogP contribution in [-0.2, 0) is 6.42 Å². The molecule has 0 aromatic heterocycles. The molecule has 1 nitrogen and oxygen atoms in total. The molecule has 1 heterocycles. The molecule has 1 aromatic rings. The highest BCUT2D eigenvalue weighted by Gasteiger charge is 2.14. The maximum atomic E-state index is 4.21. The molecular weight excluding hydrogens is 254 g/mol. The lowest BCUT2D eigenvalue weighted by molar-refractivity contribution is 1.08. The highest BCUT2D eigenvalue weighted by molar-refractivity contribution is 5.65. The number of para-hydroxylation sites is 1. The van der Waals surface area contributed by atoms with Crippen molar-refractivity contribution < 1.29 is 0 Å². The molecule has 0 saturated heterocycles. The van der Waals surface area contributed by atoms with Crippen LogP contribution in [-0.4, -0.2) is 0 Å². The Morgan fingerprint density at radius 2 is 2.00 bits per heavy atom. The van der Waals surface area contributed by atoms with Crippen LogP contribution in [0.3, 0.4) is 0 Å². The van der Waals surface area contributed by atoms with Gasteiger partial charge in [-0.1, -0.05) is 67.8 Å². The fraction of sp³-hybridized carbons (Fsp3) is 0.100. The Morgan fingerprint density at radius 3 is 2.81 bits per heavy atom. The molecule has 1 aliphatic rings. The van der Waals surface area contributed by atoms with Crippen molar-refractivity contribution in [1.82, 2.24) is 0 Å². The van der Waals surface area contributed by atoms with E-state index in [0.29, 0.717) is 0 Å². The van der Waals surface area contributed by atoms with Gasteiger partial charge in [-0.2, -0.15) is 0 Å². The Balaban J connectivity index is 2.50. The summed E-state index contributed by atoms with van der Waals surface area (Å²) in [6.45, 7) is 9.99. The molecule has 0 amide bonds. The number of allylic oxidation sites excluding steroid dienone is 9. The van der Waals surface area contributed by atoms with Gasteiger partial charge in [-0.25, -0.2) is 0 Å². The van der Waals surface area contributed by atoms with Crippen LogP contribution >= 0.6 is 0 Å². The van der Waals surface area contributed by atoms with E-state index in [-0.39, 0.29) is 0 Å². The van der Waals surface area contributed by atoms with Crippen LogP contribution < -0.4 is 4.90 Å². The van der Waals surface area contributed by atoms with Crippen LogP contribution in [0.2, 0.25) is 0 Å². The Hall–Kier alpha value is -2.54. The summed E-state index contributed by atoms with van der Waals surface area (Å²) in [5.74, 6) is 0. The lowest BCUT2D eigenvalue weighted by atomic mass is 10.1. The largest absolute Gasteiger partial charge is 0.315 e. The minimum Gasteiger partial charge on any atom is -0.315 e. The molecule has 0 atom stereocenters. The predicted octanol–water partition coefficient (Wildman–Crippen LogP) is 5.32. The molecule has 0 radical (unpaired) electrons. The summed E-state index contributed by atoms with van der Waals surface area (Å²) in [6, 6.07) is 8.45. The molecule has 0 spiro atoms. The number of benzene rings is 1. The highest BCUT2D eigenvalue weighted by atomic mass is 15.1. The summed E-state index contributed by atoms with van der Waals surface area (Å²) >= 11 is 0. The number of rotatable bonds is 3. The van der Waals surface area contributed by atoms with E-state index in [1.807, 2.05) is 24.3 Å². The molecule has 0 fully saturated rings. The highest BCUT2D eigenvalue weighted by Crippen LogP contribution is 2.29. The number of nitrogens with zero attached hydrogens (tertiary/aromatic N) is 1. The van der Waals surface area contributed by atoms with Gasteiger partial charge in [0.2, 0.25) is 0 Å². The summed E-state index contributed by atoms with van der Waals surface area (Å²) in [5.41, 5.74) is 4.55. The molecule has 1 aliphatic heterocycles. The van der Waals surface area contributed by atoms with Gasteiger partial charge in [0.05, 0.1) is 0 Å². The maximum Gasteiger partial charge on any atom is 0.0493 e. The molecule has 21 heavy (non-hydrogen) atoms. The fourth-order valence-corrected chi connectivity index (χ4v) is 2.34. The third-order valence-corrected chi connectivity index (χ3v) is 3.33. The van der Waals surface area contributed by atoms with Crippen LogP contribution in [0, 0.1) is 0 Å².